The molecule has 0 bridgehead atoms. The van der Waals surface area contributed by atoms with Gasteiger partial charge >= 0.3 is 0 Å². The first-order valence-corrected chi connectivity index (χ1v) is 7.31. The minimum atomic E-state index is 0. The zero-order valence-corrected chi connectivity index (χ0v) is 14.1. The van der Waals surface area contributed by atoms with Crippen LogP contribution in [0, 0.1) is 0 Å². The van der Waals surface area contributed by atoms with Crippen molar-refractivity contribution in [3.05, 3.63) is 34.3 Å². The highest BCUT2D eigenvalue weighted by Gasteiger charge is 2.23. The summed E-state index contributed by atoms with van der Waals surface area (Å²) in [6, 6.07) is 8.56. The Balaban J connectivity index is 0.00000200. The molecule has 1 aliphatic rings. The van der Waals surface area contributed by atoms with Gasteiger partial charge < -0.3 is 10.6 Å². The molecule has 1 unspecified atom stereocenters. The molecule has 1 atom stereocenters. The third kappa shape index (κ3) is 4.74. The van der Waals surface area contributed by atoms with Crippen LogP contribution in [0.15, 0.2) is 28.7 Å². The van der Waals surface area contributed by atoms with E-state index in [4.69, 9.17) is 0 Å². The van der Waals surface area contributed by atoms with E-state index in [1.165, 1.54) is 0 Å². The highest BCUT2D eigenvalue weighted by Crippen LogP contribution is 2.16. The molecule has 1 aromatic rings. The molecule has 0 radical (unpaired) electrons. The van der Waals surface area contributed by atoms with Crippen LogP contribution < -0.4 is 10.6 Å². The normalized spacial score (nSPS) is 16.2. The third-order valence-corrected chi connectivity index (χ3v) is 4.05. The lowest BCUT2D eigenvalue weighted by molar-refractivity contribution is -0.123. The predicted molar refractivity (Wildman–Crippen MR) is 87.2 cm³/mol. The van der Waals surface area contributed by atoms with E-state index >= 15 is 0 Å². The maximum Gasteiger partial charge on any atom is 0.234 e. The van der Waals surface area contributed by atoms with E-state index in [-0.39, 0.29) is 24.4 Å². The Labute approximate surface area is 134 Å². The molecule has 6 heteroatoms. The molecule has 0 saturated carbocycles. The van der Waals surface area contributed by atoms with E-state index in [2.05, 4.69) is 31.5 Å². The number of hydrogen-bond donors (Lipinski definition) is 2. The van der Waals surface area contributed by atoms with Crippen molar-refractivity contribution in [1.29, 1.82) is 0 Å². The van der Waals surface area contributed by atoms with Gasteiger partial charge in [-0.25, -0.2) is 0 Å². The predicted octanol–water partition coefficient (Wildman–Crippen LogP) is 1.95. The molecule has 20 heavy (non-hydrogen) atoms. The molecular formula is C14H21BrClN3O. The molecule has 1 aromatic carbocycles. The Hall–Kier alpha value is -0.620. The SMILES string of the molecule is CC(NC(=O)CN(C)C1CNC1)c1ccc(Br)cc1.Cl. The van der Waals surface area contributed by atoms with E-state index < -0.39 is 0 Å². The van der Waals surface area contributed by atoms with Gasteiger partial charge in [-0.3, -0.25) is 9.69 Å². The molecule has 4 nitrogen and oxygen atoms in total. The van der Waals surface area contributed by atoms with Crippen LogP contribution in [0.1, 0.15) is 18.5 Å². The van der Waals surface area contributed by atoms with Gasteiger partial charge in [0.05, 0.1) is 12.6 Å². The van der Waals surface area contributed by atoms with Crippen LogP contribution in [-0.2, 0) is 4.79 Å². The lowest BCUT2D eigenvalue weighted by Gasteiger charge is -2.35. The van der Waals surface area contributed by atoms with Gasteiger partial charge in [0.2, 0.25) is 5.91 Å². The van der Waals surface area contributed by atoms with Gasteiger partial charge in [0, 0.05) is 23.6 Å². The summed E-state index contributed by atoms with van der Waals surface area (Å²) >= 11 is 3.41. The highest BCUT2D eigenvalue weighted by atomic mass is 79.9. The first-order valence-electron chi connectivity index (χ1n) is 6.52. The summed E-state index contributed by atoms with van der Waals surface area (Å²) < 4.78 is 1.05. The van der Waals surface area contributed by atoms with Gasteiger partial charge in [0.15, 0.2) is 0 Å². The maximum atomic E-state index is 12.0. The molecule has 0 aromatic heterocycles. The fourth-order valence-corrected chi connectivity index (χ4v) is 2.33. The van der Waals surface area contributed by atoms with Crippen molar-refractivity contribution >= 4 is 34.2 Å². The fourth-order valence-electron chi connectivity index (χ4n) is 2.06. The van der Waals surface area contributed by atoms with Gasteiger partial charge in [-0.1, -0.05) is 28.1 Å². The Morgan fingerprint density at radius 1 is 1.45 bits per heavy atom. The van der Waals surface area contributed by atoms with Crippen molar-refractivity contribution in [2.45, 2.75) is 19.0 Å². The average Bonchev–Trinajstić information content (AvgIpc) is 2.26. The second-order valence-corrected chi connectivity index (χ2v) is 5.98. The number of rotatable bonds is 5. The van der Waals surface area contributed by atoms with Crippen molar-refractivity contribution in [3.63, 3.8) is 0 Å². The van der Waals surface area contributed by atoms with Gasteiger partial charge in [-0.2, -0.15) is 0 Å². The maximum absolute atomic E-state index is 12.0. The Bertz CT molecular complexity index is 437. The number of amides is 1. The molecule has 2 N–H and O–H groups in total. The summed E-state index contributed by atoms with van der Waals surface area (Å²) in [7, 11) is 2.00. The van der Waals surface area contributed by atoms with Crippen molar-refractivity contribution in [2.24, 2.45) is 0 Å². The second kappa shape index (κ2) is 7.98. The smallest absolute Gasteiger partial charge is 0.234 e. The van der Waals surface area contributed by atoms with Crippen LogP contribution in [-0.4, -0.2) is 43.5 Å². The summed E-state index contributed by atoms with van der Waals surface area (Å²) in [5.74, 6) is 0.0739. The highest BCUT2D eigenvalue weighted by molar-refractivity contribution is 9.10. The van der Waals surface area contributed by atoms with Gasteiger partial charge in [0.25, 0.3) is 0 Å². The minimum absolute atomic E-state index is 0. The molecule has 0 aliphatic carbocycles. The molecule has 0 spiro atoms. The molecule has 1 heterocycles. The Morgan fingerprint density at radius 3 is 2.55 bits per heavy atom. The quantitative estimate of drug-likeness (QED) is 0.841. The van der Waals surface area contributed by atoms with Gasteiger partial charge in [-0.05, 0) is 31.7 Å². The van der Waals surface area contributed by atoms with Gasteiger partial charge in [-0.15, -0.1) is 12.4 Å². The van der Waals surface area contributed by atoms with E-state index in [0.29, 0.717) is 12.6 Å². The average molecular weight is 363 g/mol. The number of carbonyl (C=O) groups excluding carboxylic acids is 1. The molecule has 1 aliphatic heterocycles. The van der Waals surface area contributed by atoms with Gasteiger partial charge in [0.1, 0.15) is 0 Å². The van der Waals surface area contributed by atoms with Crippen molar-refractivity contribution in [2.75, 3.05) is 26.7 Å². The number of nitrogens with one attached hydrogen (secondary N) is 2. The standard InChI is InChI=1S/C14H20BrN3O.ClH/c1-10(11-3-5-12(15)6-4-11)17-14(19)9-18(2)13-7-16-8-13;/h3-6,10,13,16H,7-9H2,1-2H3,(H,17,19);1H. The number of likely N-dealkylation sites (N-methyl/N-ethyl adjacent to an activating group) is 1. The summed E-state index contributed by atoms with van der Waals surface area (Å²) in [6.45, 7) is 4.41. The first-order chi connectivity index (χ1) is 9.06. The van der Waals surface area contributed by atoms with Crippen molar-refractivity contribution in [3.8, 4) is 0 Å². The van der Waals surface area contributed by atoms with Crippen LogP contribution in [0.4, 0.5) is 0 Å². The minimum Gasteiger partial charge on any atom is -0.348 e. The van der Waals surface area contributed by atoms with Crippen molar-refractivity contribution in [1.82, 2.24) is 15.5 Å². The lowest BCUT2D eigenvalue weighted by Crippen LogP contribution is -2.57. The summed E-state index contributed by atoms with van der Waals surface area (Å²) in [4.78, 5) is 14.1. The first kappa shape index (κ1) is 17.4. The Morgan fingerprint density at radius 2 is 2.05 bits per heavy atom. The van der Waals surface area contributed by atoms with Crippen LogP contribution in [0.3, 0.4) is 0 Å². The number of hydrogen-bond acceptors (Lipinski definition) is 3. The van der Waals surface area contributed by atoms with E-state index in [1.54, 1.807) is 0 Å². The number of carbonyl (C=O) groups is 1. The third-order valence-electron chi connectivity index (χ3n) is 3.52. The zero-order valence-electron chi connectivity index (χ0n) is 11.7. The summed E-state index contributed by atoms with van der Waals surface area (Å²) in [5, 5.41) is 6.24. The molecule has 112 valence electrons. The molecule has 1 amide bonds. The zero-order chi connectivity index (χ0) is 13.8. The molecule has 1 saturated heterocycles. The largest absolute Gasteiger partial charge is 0.348 e. The molecular weight excluding hydrogens is 342 g/mol. The van der Waals surface area contributed by atoms with E-state index in [0.717, 1.165) is 23.1 Å². The lowest BCUT2D eigenvalue weighted by atomic mass is 10.1. The van der Waals surface area contributed by atoms with Crippen LogP contribution in [0.5, 0.6) is 0 Å². The van der Waals surface area contributed by atoms with Crippen LogP contribution in [0.2, 0.25) is 0 Å². The van der Waals surface area contributed by atoms with Crippen molar-refractivity contribution < 1.29 is 4.79 Å². The van der Waals surface area contributed by atoms with Crippen LogP contribution in [0.25, 0.3) is 0 Å². The fraction of sp³-hybridized carbons (Fsp3) is 0.500. The molecule has 1 fully saturated rings. The number of benzene rings is 1. The monoisotopic (exact) mass is 361 g/mol. The number of nitrogens with zero attached hydrogens (tertiary/aromatic N) is 1. The number of halogens is 2. The van der Waals surface area contributed by atoms with Crippen LogP contribution >= 0.6 is 28.3 Å². The Kier molecular flexibility index (Phi) is 6.95. The van der Waals surface area contributed by atoms with E-state index in [9.17, 15) is 4.79 Å². The topological polar surface area (TPSA) is 44.4 Å². The molecule has 2 rings (SSSR count). The van der Waals surface area contributed by atoms with E-state index in [1.807, 2.05) is 38.2 Å². The summed E-state index contributed by atoms with van der Waals surface area (Å²) in [5.41, 5.74) is 1.12. The summed E-state index contributed by atoms with van der Waals surface area (Å²) in [6.07, 6.45) is 0. The second-order valence-electron chi connectivity index (χ2n) is 5.07.